The molecule has 0 aromatic carbocycles. The normalized spacial score (nSPS) is 28.4. The molecular weight excluding hydrogens is 162 g/mol. The van der Waals surface area contributed by atoms with Gasteiger partial charge in [-0.05, 0) is 31.1 Å². The van der Waals surface area contributed by atoms with E-state index in [1.807, 2.05) is 0 Å². The van der Waals surface area contributed by atoms with Crippen LogP contribution in [0.15, 0.2) is 0 Å². The van der Waals surface area contributed by atoms with Crippen molar-refractivity contribution in [2.24, 2.45) is 5.41 Å². The lowest BCUT2D eigenvalue weighted by Crippen LogP contribution is -2.43. The van der Waals surface area contributed by atoms with E-state index in [0.29, 0.717) is 5.41 Å². The van der Waals surface area contributed by atoms with Crippen molar-refractivity contribution in [2.45, 2.75) is 45.1 Å². The van der Waals surface area contributed by atoms with Crippen LogP contribution in [0, 0.1) is 5.41 Å². The zero-order valence-electron chi connectivity index (χ0n) is 8.64. The quantitative estimate of drug-likeness (QED) is 0.722. The van der Waals surface area contributed by atoms with Crippen LogP contribution in [0.3, 0.4) is 0 Å². The minimum atomic E-state index is 0.623. The maximum absolute atomic E-state index is 5.33. The average Bonchev–Trinajstić information content (AvgIpc) is 2.13. The van der Waals surface area contributed by atoms with Crippen LogP contribution in [0.4, 0.5) is 0 Å². The largest absolute Gasteiger partial charge is 0.381 e. The Morgan fingerprint density at radius 2 is 2.00 bits per heavy atom. The molecule has 13 heavy (non-hydrogen) atoms. The number of hydrogen-bond acceptors (Lipinski definition) is 2. The van der Waals surface area contributed by atoms with E-state index < -0.39 is 0 Å². The average molecular weight is 183 g/mol. The molecule has 0 spiro atoms. The van der Waals surface area contributed by atoms with Gasteiger partial charge in [0, 0.05) is 25.8 Å². The topological polar surface area (TPSA) is 21.3 Å². The van der Waals surface area contributed by atoms with E-state index in [1.54, 1.807) is 0 Å². The molecule has 2 rings (SSSR count). The molecule has 0 aromatic heterocycles. The lowest BCUT2D eigenvalue weighted by Gasteiger charge is -2.40. The second-order valence-electron chi connectivity index (χ2n) is 4.93. The Hall–Kier alpha value is -0.0800. The molecule has 0 radical (unpaired) electrons. The second-order valence-corrected chi connectivity index (χ2v) is 4.93. The lowest BCUT2D eigenvalue weighted by atomic mass is 9.70. The summed E-state index contributed by atoms with van der Waals surface area (Å²) in [6.07, 6.45) is 6.69. The summed E-state index contributed by atoms with van der Waals surface area (Å²) in [4.78, 5) is 0. The van der Waals surface area contributed by atoms with Gasteiger partial charge in [0.2, 0.25) is 0 Å². The number of rotatable bonds is 3. The third-order valence-corrected chi connectivity index (χ3v) is 3.60. The molecular formula is C11H21NO. The first-order valence-electron chi connectivity index (χ1n) is 5.60. The molecule has 1 saturated carbocycles. The molecule has 1 aliphatic heterocycles. The lowest BCUT2D eigenvalue weighted by molar-refractivity contribution is 0.0684. The highest BCUT2D eigenvalue weighted by Gasteiger charge is 2.31. The van der Waals surface area contributed by atoms with Crippen LogP contribution in [0.1, 0.15) is 39.0 Å². The van der Waals surface area contributed by atoms with Crippen LogP contribution in [0.2, 0.25) is 0 Å². The Morgan fingerprint density at radius 1 is 1.31 bits per heavy atom. The standard InChI is InChI=1S/C11H21NO/c1-11(5-2-6-11)9-12-10-3-7-13-8-4-10/h10,12H,2-9H2,1H3. The van der Waals surface area contributed by atoms with E-state index >= 15 is 0 Å². The highest BCUT2D eigenvalue weighted by Crippen LogP contribution is 2.39. The molecule has 1 saturated heterocycles. The summed E-state index contributed by atoms with van der Waals surface area (Å²) in [7, 11) is 0. The van der Waals surface area contributed by atoms with Gasteiger partial charge < -0.3 is 10.1 Å². The van der Waals surface area contributed by atoms with Crippen LogP contribution in [0.5, 0.6) is 0 Å². The summed E-state index contributed by atoms with van der Waals surface area (Å²) in [6.45, 7) is 5.53. The van der Waals surface area contributed by atoms with Crippen molar-refractivity contribution in [3.63, 3.8) is 0 Å². The minimum absolute atomic E-state index is 0.623. The van der Waals surface area contributed by atoms with Crippen LogP contribution < -0.4 is 5.32 Å². The van der Waals surface area contributed by atoms with Crippen molar-refractivity contribution in [3.05, 3.63) is 0 Å². The Balaban J connectivity index is 1.66. The monoisotopic (exact) mass is 183 g/mol. The molecule has 1 N–H and O–H groups in total. The summed E-state index contributed by atoms with van der Waals surface area (Å²) in [5.74, 6) is 0. The predicted molar refractivity (Wildman–Crippen MR) is 53.8 cm³/mol. The third-order valence-electron chi connectivity index (χ3n) is 3.60. The van der Waals surface area contributed by atoms with Crippen molar-refractivity contribution in [1.29, 1.82) is 0 Å². The van der Waals surface area contributed by atoms with Gasteiger partial charge in [-0.3, -0.25) is 0 Å². The zero-order chi connectivity index (χ0) is 9.15. The first kappa shape index (κ1) is 9.47. The molecule has 2 nitrogen and oxygen atoms in total. The minimum Gasteiger partial charge on any atom is -0.381 e. The van der Waals surface area contributed by atoms with Crippen molar-refractivity contribution >= 4 is 0 Å². The van der Waals surface area contributed by atoms with Crippen molar-refractivity contribution in [2.75, 3.05) is 19.8 Å². The molecule has 1 aliphatic carbocycles. The first-order chi connectivity index (χ1) is 6.29. The molecule has 0 atom stereocenters. The van der Waals surface area contributed by atoms with Crippen molar-refractivity contribution < 1.29 is 4.74 Å². The maximum Gasteiger partial charge on any atom is 0.0480 e. The van der Waals surface area contributed by atoms with Gasteiger partial charge in [-0.1, -0.05) is 13.3 Å². The molecule has 0 unspecified atom stereocenters. The van der Waals surface area contributed by atoms with Crippen LogP contribution in [-0.4, -0.2) is 25.8 Å². The Morgan fingerprint density at radius 3 is 2.54 bits per heavy atom. The Labute approximate surface area is 81.0 Å². The predicted octanol–water partition coefficient (Wildman–Crippen LogP) is 1.95. The smallest absolute Gasteiger partial charge is 0.0480 e. The van der Waals surface area contributed by atoms with Crippen molar-refractivity contribution in [3.8, 4) is 0 Å². The number of nitrogens with one attached hydrogen (secondary N) is 1. The van der Waals surface area contributed by atoms with E-state index in [9.17, 15) is 0 Å². The van der Waals surface area contributed by atoms with E-state index in [2.05, 4.69) is 12.2 Å². The molecule has 76 valence electrons. The van der Waals surface area contributed by atoms with Gasteiger partial charge >= 0.3 is 0 Å². The van der Waals surface area contributed by atoms with Gasteiger partial charge in [-0.2, -0.15) is 0 Å². The van der Waals surface area contributed by atoms with E-state index in [-0.39, 0.29) is 0 Å². The summed E-state index contributed by atoms with van der Waals surface area (Å²) >= 11 is 0. The van der Waals surface area contributed by atoms with Gasteiger partial charge in [0.05, 0.1) is 0 Å². The summed E-state index contributed by atoms with van der Waals surface area (Å²) in [5.41, 5.74) is 0.623. The fourth-order valence-corrected chi connectivity index (χ4v) is 2.25. The fraction of sp³-hybridized carbons (Fsp3) is 1.00. The van der Waals surface area contributed by atoms with Gasteiger partial charge in [0.25, 0.3) is 0 Å². The van der Waals surface area contributed by atoms with Crippen LogP contribution in [-0.2, 0) is 4.74 Å². The Kier molecular flexibility index (Phi) is 2.89. The first-order valence-corrected chi connectivity index (χ1v) is 5.60. The van der Waals surface area contributed by atoms with Crippen molar-refractivity contribution in [1.82, 2.24) is 5.32 Å². The van der Waals surface area contributed by atoms with Gasteiger partial charge in [0.15, 0.2) is 0 Å². The van der Waals surface area contributed by atoms with Crippen LogP contribution in [0.25, 0.3) is 0 Å². The van der Waals surface area contributed by atoms with E-state index in [4.69, 9.17) is 4.74 Å². The molecule has 0 aromatic rings. The highest BCUT2D eigenvalue weighted by molar-refractivity contribution is 4.86. The van der Waals surface area contributed by atoms with Crippen LogP contribution >= 0.6 is 0 Å². The summed E-state index contributed by atoms with van der Waals surface area (Å²) < 4.78 is 5.33. The number of hydrogen-bond donors (Lipinski definition) is 1. The maximum atomic E-state index is 5.33. The highest BCUT2D eigenvalue weighted by atomic mass is 16.5. The fourth-order valence-electron chi connectivity index (χ4n) is 2.25. The molecule has 2 aliphatic rings. The summed E-state index contributed by atoms with van der Waals surface area (Å²) in [6, 6.07) is 0.728. The zero-order valence-corrected chi connectivity index (χ0v) is 8.64. The van der Waals surface area contributed by atoms with Gasteiger partial charge in [-0.25, -0.2) is 0 Å². The third kappa shape index (κ3) is 2.44. The second kappa shape index (κ2) is 3.97. The molecule has 0 amide bonds. The SMILES string of the molecule is CC1(CNC2CCOCC2)CCC1. The summed E-state index contributed by atoms with van der Waals surface area (Å²) in [5, 5.41) is 3.68. The van der Waals surface area contributed by atoms with Gasteiger partial charge in [-0.15, -0.1) is 0 Å². The van der Waals surface area contributed by atoms with E-state index in [0.717, 1.165) is 19.3 Å². The van der Waals surface area contributed by atoms with E-state index in [1.165, 1.54) is 38.6 Å². The van der Waals surface area contributed by atoms with Gasteiger partial charge in [0.1, 0.15) is 0 Å². The molecule has 2 fully saturated rings. The number of ether oxygens (including phenoxy) is 1. The molecule has 2 heteroatoms. The Bertz CT molecular complexity index is 159. The molecule has 1 heterocycles. The molecule has 0 bridgehead atoms.